The van der Waals surface area contributed by atoms with Crippen LogP contribution >= 0.6 is 15.9 Å². The minimum atomic E-state index is -0.249. The molecule has 0 bridgehead atoms. The van der Waals surface area contributed by atoms with E-state index in [2.05, 4.69) is 26.4 Å². The lowest BCUT2D eigenvalue weighted by atomic mass is 10.2. The van der Waals surface area contributed by atoms with E-state index in [0.29, 0.717) is 17.6 Å². The van der Waals surface area contributed by atoms with E-state index in [4.69, 9.17) is 4.52 Å². The van der Waals surface area contributed by atoms with Crippen molar-refractivity contribution in [3.8, 4) is 0 Å². The Morgan fingerprint density at radius 2 is 2.19 bits per heavy atom. The largest absolute Gasteiger partial charge is 0.364 e. The van der Waals surface area contributed by atoms with Gasteiger partial charge in [-0.25, -0.2) is 4.39 Å². The molecule has 3 nitrogen and oxygen atoms in total. The SMILES string of the molecule is Fc1cc(CNCc2ccon2)ccc1Br. The van der Waals surface area contributed by atoms with E-state index in [1.807, 2.05) is 6.07 Å². The Morgan fingerprint density at radius 1 is 1.31 bits per heavy atom. The standard InChI is InChI=1S/C11H10BrFN2O/c12-10-2-1-8(5-11(10)13)6-14-7-9-3-4-16-15-9/h1-5,14H,6-7H2. The lowest BCUT2D eigenvalue weighted by Crippen LogP contribution is -2.12. The van der Waals surface area contributed by atoms with E-state index >= 15 is 0 Å². The van der Waals surface area contributed by atoms with E-state index < -0.39 is 0 Å². The van der Waals surface area contributed by atoms with Crippen LogP contribution in [0.4, 0.5) is 4.39 Å². The van der Waals surface area contributed by atoms with Gasteiger partial charge in [0.05, 0.1) is 10.2 Å². The summed E-state index contributed by atoms with van der Waals surface area (Å²) in [5, 5.41) is 6.91. The summed E-state index contributed by atoms with van der Waals surface area (Å²) in [4.78, 5) is 0. The Hall–Kier alpha value is -1.20. The Balaban J connectivity index is 1.87. The zero-order valence-corrected chi connectivity index (χ0v) is 10.00. The molecule has 1 heterocycles. The van der Waals surface area contributed by atoms with Crippen molar-refractivity contribution in [1.82, 2.24) is 10.5 Å². The smallest absolute Gasteiger partial charge is 0.137 e. The number of aromatic nitrogens is 1. The lowest BCUT2D eigenvalue weighted by molar-refractivity contribution is 0.408. The van der Waals surface area contributed by atoms with Crippen molar-refractivity contribution in [1.29, 1.82) is 0 Å². The molecule has 16 heavy (non-hydrogen) atoms. The quantitative estimate of drug-likeness (QED) is 0.938. The minimum Gasteiger partial charge on any atom is -0.364 e. The third-order valence-corrected chi connectivity index (χ3v) is 2.75. The summed E-state index contributed by atoms with van der Waals surface area (Å²) >= 11 is 3.11. The number of nitrogens with one attached hydrogen (secondary N) is 1. The van der Waals surface area contributed by atoms with Crippen molar-refractivity contribution >= 4 is 15.9 Å². The molecule has 2 rings (SSSR count). The molecule has 0 unspecified atom stereocenters. The van der Waals surface area contributed by atoms with Crippen molar-refractivity contribution in [2.75, 3.05) is 0 Å². The average Bonchev–Trinajstić information content (AvgIpc) is 2.76. The fourth-order valence-corrected chi connectivity index (χ4v) is 1.56. The minimum absolute atomic E-state index is 0.249. The Bertz CT molecular complexity index is 459. The van der Waals surface area contributed by atoms with Gasteiger partial charge in [0, 0.05) is 19.2 Å². The van der Waals surface area contributed by atoms with Gasteiger partial charge in [-0.15, -0.1) is 0 Å². The van der Waals surface area contributed by atoms with Crippen LogP contribution < -0.4 is 5.32 Å². The molecule has 84 valence electrons. The van der Waals surface area contributed by atoms with Crippen molar-refractivity contribution in [2.45, 2.75) is 13.1 Å². The van der Waals surface area contributed by atoms with Gasteiger partial charge in [-0.2, -0.15) is 0 Å². The van der Waals surface area contributed by atoms with Gasteiger partial charge in [0.25, 0.3) is 0 Å². The molecule has 0 saturated heterocycles. The number of hydrogen-bond acceptors (Lipinski definition) is 3. The van der Waals surface area contributed by atoms with Crippen LogP contribution in [0.5, 0.6) is 0 Å². The molecule has 0 aliphatic heterocycles. The maximum atomic E-state index is 13.2. The first-order chi connectivity index (χ1) is 7.75. The predicted octanol–water partition coefficient (Wildman–Crippen LogP) is 2.87. The van der Waals surface area contributed by atoms with E-state index in [9.17, 15) is 4.39 Å². The molecule has 0 saturated carbocycles. The predicted molar refractivity (Wildman–Crippen MR) is 61.1 cm³/mol. The monoisotopic (exact) mass is 284 g/mol. The normalized spacial score (nSPS) is 10.6. The second-order valence-electron chi connectivity index (χ2n) is 3.34. The lowest BCUT2D eigenvalue weighted by Gasteiger charge is -2.03. The molecule has 1 aromatic heterocycles. The highest BCUT2D eigenvalue weighted by molar-refractivity contribution is 9.10. The third-order valence-electron chi connectivity index (χ3n) is 2.11. The van der Waals surface area contributed by atoms with Gasteiger partial charge in [0.15, 0.2) is 0 Å². The van der Waals surface area contributed by atoms with Gasteiger partial charge in [-0.3, -0.25) is 0 Å². The Morgan fingerprint density at radius 3 is 2.88 bits per heavy atom. The van der Waals surface area contributed by atoms with E-state index in [0.717, 1.165) is 11.3 Å². The number of halogens is 2. The van der Waals surface area contributed by atoms with Crippen molar-refractivity contribution in [3.63, 3.8) is 0 Å². The molecule has 0 radical (unpaired) electrons. The molecule has 0 atom stereocenters. The fraction of sp³-hybridized carbons (Fsp3) is 0.182. The zero-order chi connectivity index (χ0) is 11.4. The van der Waals surface area contributed by atoms with Crippen LogP contribution in [0.1, 0.15) is 11.3 Å². The van der Waals surface area contributed by atoms with Crippen LogP contribution in [0.15, 0.2) is 39.5 Å². The summed E-state index contributed by atoms with van der Waals surface area (Å²) < 4.78 is 18.4. The van der Waals surface area contributed by atoms with Crippen molar-refractivity contribution in [3.05, 3.63) is 52.1 Å². The van der Waals surface area contributed by atoms with Crippen LogP contribution in [0.25, 0.3) is 0 Å². The van der Waals surface area contributed by atoms with Crippen LogP contribution in [0.3, 0.4) is 0 Å². The number of hydrogen-bond donors (Lipinski definition) is 1. The molecule has 0 spiro atoms. The summed E-state index contributed by atoms with van der Waals surface area (Å²) in [5.74, 6) is -0.249. The first kappa shape index (κ1) is 11.3. The highest BCUT2D eigenvalue weighted by Gasteiger charge is 2.01. The summed E-state index contributed by atoms with van der Waals surface area (Å²) in [6.45, 7) is 1.20. The molecule has 5 heteroatoms. The highest BCUT2D eigenvalue weighted by atomic mass is 79.9. The molecule has 0 amide bonds. The molecule has 1 N–H and O–H groups in total. The molecule has 0 fully saturated rings. The first-order valence-corrected chi connectivity index (χ1v) is 5.59. The molecule has 1 aromatic carbocycles. The van der Waals surface area contributed by atoms with Gasteiger partial charge in [-0.1, -0.05) is 11.2 Å². The second kappa shape index (κ2) is 5.23. The molecular weight excluding hydrogens is 275 g/mol. The van der Waals surface area contributed by atoms with Gasteiger partial charge in [0.1, 0.15) is 12.1 Å². The van der Waals surface area contributed by atoms with Crippen LogP contribution in [-0.4, -0.2) is 5.16 Å². The number of nitrogens with zero attached hydrogens (tertiary/aromatic N) is 1. The van der Waals surface area contributed by atoms with Crippen LogP contribution in [0.2, 0.25) is 0 Å². The Labute approximate surface area is 101 Å². The van der Waals surface area contributed by atoms with Gasteiger partial charge in [0.2, 0.25) is 0 Å². The summed E-state index contributed by atoms with van der Waals surface area (Å²) in [6.07, 6.45) is 1.52. The molecular formula is C11H10BrFN2O. The van der Waals surface area contributed by atoms with Gasteiger partial charge >= 0.3 is 0 Å². The van der Waals surface area contributed by atoms with Crippen molar-refractivity contribution < 1.29 is 8.91 Å². The second-order valence-corrected chi connectivity index (χ2v) is 4.20. The average molecular weight is 285 g/mol. The Kier molecular flexibility index (Phi) is 3.69. The van der Waals surface area contributed by atoms with Crippen molar-refractivity contribution in [2.24, 2.45) is 0 Å². The maximum Gasteiger partial charge on any atom is 0.137 e. The van der Waals surface area contributed by atoms with E-state index in [-0.39, 0.29) is 5.82 Å². The van der Waals surface area contributed by atoms with Crippen LogP contribution in [0, 0.1) is 5.82 Å². The van der Waals surface area contributed by atoms with E-state index in [1.165, 1.54) is 12.3 Å². The molecule has 2 aromatic rings. The van der Waals surface area contributed by atoms with E-state index in [1.54, 1.807) is 12.1 Å². The van der Waals surface area contributed by atoms with Gasteiger partial charge in [-0.05, 0) is 33.6 Å². The maximum absolute atomic E-state index is 13.2. The molecule has 0 aliphatic carbocycles. The first-order valence-electron chi connectivity index (χ1n) is 4.79. The van der Waals surface area contributed by atoms with Gasteiger partial charge < -0.3 is 9.84 Å². The number of rotatable bonds is 4. The summed E-state index contributed by atoms with van der Waals surface area (Å²) in [5.41, 5.74) is 1.72. The molecule has 0 aliphatic rings. The fourth-order valence-electron chi connectivity index (χ4n) is 1.31. The van der Waals surface area contributed by atoms with Crippen LogP contribution in [-0.2, 0) is 13.1 Å². The third kappa shape index (κ3) is 2.90. The summed E-state index contributed by atoms with van der Waals surface area (Å²) in [7, 11) is 0. The highest BCUT2D eigenvalue weighted by Crippen LogP contribution is 2.16. The zero-order valence-electron chi connectivity index (χ0n) is 8.41. The topological polar surface area (TPSA) is 38.1 Å². The summed E-state index contributed by atoms with van der Waals surface area (Å²) in [6, 6.07) is 6.85. The number of benzene rings is 1.